The summed E-state index contributed by atoms with van der Waals surface area (Å²) in [5, 5.41) is 6.81. The van der Waals surface area contributed by atoms with Crippen molar-refractivity contribution in [3.8, 4) is 0 Å². The van der Waals surface area contributed by atoms with E-state index in [0.29, 0.717) is 0 Å². The number of ether oxygens (including phenoxy) is 1. The molecule has 0 aliphatic carbocycles. The summed E-state index contributed by atoms with van der Waals surface area (Å²) in [6.45, 7) is 12.3. The van der Waals surface area contributed by atoms with Crippen molar-refractivity contribution in [1.82, 2.24) is 20.4 Å². The minimum Gasteiger partial charge on any atom is -0.374 e. The Labute approximate surface area is 171 Å². The van der Waals surface area contributed by atoms with Gasteiger partial charge in [0.05, 0.1) is 19.3 Å². The summed E-state index contributed by atoms with van der Waals surface area (Å²) >= 11 is 0. The maximum atomic E-state index is 5.78. The second-order valence-corrected chi connectivity index (χ2v) is 7.14. The number of likely N-dealkylation sites (tertiary alicyclic amines) is 1. The Morgan fingerprint density at radius 2 is 2.08 bits per heavy atom. The summed E-state index contributed by atoms with van der Waals surface area (Å²) in [4.78, 5) is 9.64. The highest BCUT2D eigenvalue weighted by molar-refractivity contribution is 14.0. The highest BCUT2D eigenvalue weighted by atomic mass is 127. The summed E-state index contributed by atoms with van der Waals surface area (Å²) < 4.78 is 5.78. The number of nitrogens with one attached hydrogen (secondary N) is 2. The van der Waals surface area contributed by atoms with Gasteiger partial charge in [-0.1, -0.05) is 6.42 Å². The van der Waals surface area contributed by atoms with Gasteiger partial charge in [-0.15, -0.1) is 24.0 Å². The van der Waals surface area contributed by atoms with Crippen molar-refractivity contribution in [2.75, 3.05) is 59.5 Å². The molecule has 0 radical (unpaired) electrons. The molecule has 0 aromatic carbocycles. The molecule has 148 valence electrons. The number of rotatable bonds is 7. The lowest BCUT2D eigenvalue weighted by molar-refractivity contribution is -0.0136. The van der Waals surface area contributed by atoms with Gasteiger partial charge in [-0.25, -0.2) is 0 Å². The molecule has 2 rings (SSSR count). The maximum absolute atomic E-state index is 5.78. The molecule has 0 spiro atoms. The SMILES string of the molecule is CCNC(=NCC1CN(C)CCO1)NCCCN1CCCCC1C.I. The fraction of sp³-hybridized carbons (Fsp3) is 0.944. The lowest BCUT2D eigenvalue weighted by Crippen LogP contribution is -2.43. The third-order valence-corrected chi connectivity index (χ3v) is 4.99. The molecular formula is C18H38IN5O. The molecule has 2 aliphatic rings. The van der Waals surface area contributed by atoms with E-state index in [4.69, 9.17) is 9.73 Å². The molecule has 7 heteroatoms. The molecule has 2 saturated heterocycles. The molecule has 6 nitrogen and oxygen atoms in total. The van der Waals surface area contributed by atoms with Crippen LogP contribution in [0.3, 0.4) is 0 Å². The molecule has 25 heavy (non-hydrogen) atoms. The predicted octanol–water partition coefficient (Wildman–Crippen LogP) is 1.75. The normalized spacial score (nSPS) is 26.1. The van der Waals surface area contributed by atoms with E-state index in [1.807, 2.05) is 0 Å². The highest BCUT2D eigenvalue weighted by Gasteiger charge is 2.18. The maximum Gasteiger partial charge on any atom is 0.191 e. The average molecular weight is 467 g/mol. The zero-order chi connectivity index (χ0) is 17.2. The van der Waals surface area contributed by atoms with Crippen LogP contribution in [0.1, 0.15) is 39.5 Å². The van der Waals surface area contributed by atoms with Crippen molar-refractivity contribution < 1.29 is 4.74 Å². The van der Waals surface area contributed by atoms with Gasteiger partial charge in [0.1, 0.15) is 0 Å². The molecule has 2 fully saturated rings. The minimum absolute atomic E-state index is 0. The molecule has 0 aromatic heterocycles. The molecule has 2 N–H and O–H groups in total. The molecule has 2 unspecified atom stereocenters. The number of nitrogens with zero attached hydrogens (tertiary/aromatic N) is 3. The van der Waals surface area contributed by atoms with Crippen LogP contribution in [0.4, 0.5) is 0 Å². The monoisotopic (exact) mass is 467 g/mol. The first-order chi connectivity index (χ1) is 11.7. The lowest BCUT2D eigenvalue weighted by atomic mass is 10.0. The Balaban J connectivity index is 0.00000312. The second kappa shape index (κ2) is 13.1. The van der Waals surface area contributed by atoms with Gasteiger partial charge in [-0.3, -0.25) is 4.99 Å². The van der Waals surface area contributed by atoms with E-state index in [1.165, 1.54) is 32.4 Å². The third-order valence-electron chi connectivity index (χ3n) is 4.99. The molecule has 2 atom stereocenters. The molecule has 0 aromatic rings. The Kier molecular flexibility index (Phi) is 12.0. The van der Waals surface area contributed by atoms with Crippen molar-refractivity contribution in [2.45, 2.75) is 51.7 Å². The average Bonchev–Trinajstić information content (AvgIpc) is 2.58. The Morgan fingerprint density at radius 3 is 2.80 bits per heavy atom. The van der Waals surface area contributed by atoms with Crippen LogP contribution in [0.2, 0.25) is 0 Å². The summed E-state index contributed by atoms with van der Waals surface area (Å²) in [7, 11) is 2.14. The van der Waals surface area contributed by atoms with Gasteiger partial charge >= 0.3 is 0 Å². The molecule has 2 aliphatic heterocycles. The first kappa shape index (κ1) is 22.9. The highest BCUT2D eigenvalue weighted by Crippen LogP contribution is 2.16. The Hall–Kier alpha value is -0.120. The van der Waals surface area contributed by atoms with E-state index in [0.717, 1.165) is 57.8 Å². The smallest absolute Gasteiger partial charge is 0.191 e. The van der Waals surface area contributed by atoms with Gasteiger partial charge in [0.25, 0.3) is 0 Å². The van der Waals surface area contributed by atoms with Gasteiger partial charge in [-0.2, -0.15) is 0 Å². The van der Waals surface area contributed by atoms with Crippen molar-refractivity contribution in [2.24, 2.45) is 4.99 Å². The lowest BCUT2D eigenvalue weighted by Gasteiger charge is -2.33. The van der Waals surface area contributed by atoms with Crippen LogP contribution < -0.4 is 10.6 Å². The van der Waals surface area contributed by atoms with E-state index < -0.39 is 0 Å². The van der Waals surface area contributed by atoms with Gasteiger partial charge < -0.3 is 25.2 Å². The zero-order valence-corrected chi connectivity index (χ0v) is 18.6. The fourth-order valence-electron chi connectivity index (χ4n) is 3.49. The number of guanidine groups is 1. The number of aliphatic imine (C=N–C) groups is 1. The largest absolute Gasteiger partial charge is 0.374 e. The topological polar surface area (TPSA) is 52.1 Å². The molecular weight excluding hydrogens is 429 g/mol. The minimum atomic E-state index is 0. The van der Waals surface area contributed by atoms with Crippen molar-refractivity contribution >= 4 is 29.9 Å². The van der Waals surface area contributed by atoms with Gasteiger partial charge in [0, 0.05) is 38.8 Å². The van der Waals surface area contributed by atoms with Crippen LogP contribution in [0.15, 0.2) is 4.99 Å². The molecule has 0 amide bonds. The van der Waals surface area contributed by atoms with Gasteiger partial charge in [0.15, 0.2) is 5.96 Å². The summed E-state index contributed by atoms with van der Waals surface area (Å²) in [5.41, 5.74) is 0. The van der Waals surface area contributed by atoms with E-state index in [2.05, 4.69) is 41.3 Å². The fourth-order valence-corrected chi connectivity index (χ4v) is 3.49. The van der Waals surface area contributed by atoms with Crippen LogP contribution in [0, 0.1) is 0 Å². The second-order valence-electron chi connectivity index (χ2n) is 7.14. The summed E-state index contributed by atoms with van der Waals surface area (Å²) in [6.07, 6.45) is 5.49. The zero-order valence-electron chi connectivity index (χ0n) is 16.3. The van der Waals surface area contributed by atoms with Crippen molar-refractivity contribution in [1.29, 1.82) is 0 Å². The number of likely N-dealkylation sites (N-methyl/N-ethyl adjacent to an activating group) is 1. The quantitative estimate of drug-likeness (QED) is 0.259. The van der Waals surface area contributed by atoms with Gasteiger partial charge in [-0.05, 0) is 46.7 Å². The first-order valence-corrected chi connectivity index (χ1v) is 9.75. The number of hydrogen-bond acceptors (Lipinski definition) is 4. The van der Waals surface area contributed by atoms with Crippen LogP contribution in [-0.4, -0.2) is 87.4 Å². The number of morpholine rings is 1. The number of halogens is 1. The van der Waals surface area contributed by atoms with E-state index in [1.54, 1.807) is 0 Å². The summed E-state index contributed by atoms with van der Waals surface area (Å²) in [5.74, 6) is 0.918. The molecule has 2 heterocycles. The number of piperidine rings is 1. The van der Waals surface area contributed by atoms with Gasteiger partial charge in [0.2, 0.25) is 0 Å². The van der Waals surface area contributed by atoms with Crippen LogP contribution in [0.5, 0.6) is 0 Å². The standard InChI is InChI=1S/C18H37N5O.HI/c1-4-19-18(21-14-17-15-22(3)12-13-24-17)20-9-7-11-23-10-6-5-8-16(23)2;/h16-17H,4-15H2,1-3H3,(H2,19,20,21);1H. The Morgan fingerprint density at radius 1 is 1.24 bits per heavy atom. The van der Waals surface area contributed by atoms with E-state index in [-0.39, 0.29) is 30.1 Å². The van der Waals surface area contributed by atoms with E-state index >= 15 is 0 Å². The van der Waals surface area contributed by atoms with Crippen LogP contribution in [-0.2, 0) is 4.74 Å². The number of hydrogen-bond donors (Lipinski definition) is 2. The Bertz CT molecular complexity index is 382. The first-order valence-electron chi connectivity index (χ1n) is 9.75. The van der Waals surface area contributed by atoms with Crippen LogP contribution in [0.25, 0.3) is 0 Å². The van der Waals surface area contributed by atoms with Crippen LogP contribution >= 0.6 is 24.0 Å². The van der Waals surface area contributed by atoms with Crippen molar-refractivity contribution in [3.63, 3.8) is 0 Å². The molecule has 0 saturated carbocycles. The predicted molar refractivity (Wildman–Crippen MR) is 116 cm³/mol. The molecule has 0 bridgehead atoms. The third kappa shape index (κ3) is 8.88. The van der Waals surface area contributed by atoms with E-state index in [9.17, 15) is 0 Å². The summed E-state index contributed by atoms with van der Waals surface area (Å²) in [6, 6.07) is 0.751. The van der Waals surface area contributed by atoms with Crippen molar-refractivity contribution in [3.05, 3.63) is 0 Å².